The number of benzene rings is 1. The minimum Gasteiger partial charge on any atom is -0.369 e. The largest absolute Gasteiger partial charge is 0.369 e. The highest BCUT2D eigenvalue weighted by Gasteiger charge is 2.10. The molecule has 0 aliphatic rings. The maximum atomic E-state index is 13.3. The summed E-state index contributed by atoms with van der Waals surface area (Å²) in [5.41, 5.74) is 5.94. The van der Waals surface area contributed by atoms with Crippen molar-refractivity contribution in [3.05, 3.63) is 36.0 Å². The molecule has 3 nitrogen and oxygen atoms in total. The lowest BCUT2D eigenvalue weighted by molar-refractivity contribution is 0.602. The van der Waals surface area contributed by atoms with Crippen LogP contribution in [0.25, 0.3) is 11.3 Å². The van der Waals surface area contributed by atoms with Crippen LogP contribution in [0.4, 0.5) is 14.7 Å². The van der Waals surface area contributed by atoms with E-state index in [1.54, 1.807) is 17.8 Å². The molecule has 0 saturated carbocycles. The van der Waals surface area contributed by atoms with Crippen molar-refractivity contribution in [2.45, 2.75) is 0 Å². The van der Waals surface area contributed by atoms with Gasteiger partial charge in [0.2, 0.25) is 0 Å². The normalized spacial score (nSPS) is 10.6. The zero-order valence-electron chi connectivity index (χ0n) is 8.04. The number of halogens is 2. The Morgan fingerprint density at radius 2 is 2.07 bits per heavy atom. The van der Waals surface area contributed by atoms with Gasteiger partial charge in [0.25, 0.3) is 0 Å². The molecule has 0 aliphatic heterocycles. The molecule has 78 valence electrons. The Kier molecular flexibility index (Phi) is 2.15. The van der Waals surface area contributed by atoms with E-state index in [4.69, 9.17) is 5.73 Å². The number of hydrogen-bond acceptors (Lipinski definition) is 2. The predicted octanol–water partition coefficient (Wildman–Crippen LogP) is 1.95. The molecular formula is C10H9F2N3. The third-order valence-corrected chi connectivity index (χ3v) is 2.12. The van der Waals surface area contributed by atoms with E-state index in [1.165, 1.54) is 0 Å². The summed E-state index contributed by atoms with van der Waals surface area (Å²) >= 11 is 0. The summed E-state index contributed by atoms with van der Waals surface area (Å²) in [5.74, 6) is -0.765. The molecule has 2 aromatic rings. The summed E-state index contributed by atoms with van der Waals surface area (Å²) in [6, 6.07) is 3.22. The van der Waals surface area contributed by atoms with Crippen molar-refractivity contribution in [2.75, 3.05) is 5.73 Å². The fourth-order valence-electron chi connectivity index (χ4n) is 1.30. The lowest BCUT2D eigenvalue weighted by atomic mass is 10.1. The molecule has 1 heterocycles. The van der Waals surface area contributed by atoms with Crippen molar-refractivity contribution < 1.29 is 8.78 Å². The van der Waals surface area contributed by atoms with Crippen LogP contribution >= 0.6 is 0 Å². The lowest BCUT2D eigenvalue weighted by Crippen LogP contribution is -1.94. The van der Waals surface area contributed by atoms with Crippen molar-refractivity contribution in [1.82, 2.24) is 9.55 Å². The Morgan fingerprint density at radius 1 is 1.33 bits per heavy atom. The Bertz CT molecular complexity index is 486. The SMILES string of the molecule is Cn1cc(-c2cc(F)ccc2F)nc1N. The molecule has 0 bridgehead atoms. The summed E-state index contributed by atoms with van der Waals surface area (Å²) < 4.78 is 27.8. The first-order valence-electron chi connectivity index (χ1n) is 4.32. The van der Waals surface area contributed by atoms with Crippen molar-refractivity contribution in [3.8, 4) is 11.3 Å². The second kappa shape index (κ2) is 3.34. The van der Waals surface area contributed by atoms with Crippen LogP contribution < -0.4 is 5.73 Å². The summed E-state index contributed by atoms with van der Waals surface area (Å²) in [7, 11) is 1.68. The summed E-state index contributed by atoms with van der Waals surface area (Å²) in [4.78, 5) is 3.92. The Labute approximate surface area is 85.2 Å². The Morgan fingerprint density at radius 3 is 2.67 bits per heavy atom. The van der Waals surface area contributed by atoms with Gasteiger partial charge in [-0.2, -0.15) is 0 Å². The number of nitrogen functional groups attached to an aromatic ring is 1. The van der Waals surface area contributed by atoms with E-state index >= 15 is 0 Å². The van der Waals surface area contributed by atoms with Crippen LogP contribution in [-0.4, -0.2) is 9.55 Å². The van der Waals surface area contributed by atoms with Crippen LogP contribution in [0.1, 0.15) is 0 Å². The van der Waals surface area contributed by atoms with Gasteiger partial charge < -0.3 is 10.3 Å². The van der Waals surface area contributed by atoms with Gasteiger partial charge in [0.15, 0.2) is 5.95 Å². The fraction of sp³-hybridized carbons (Fsp3) is 0.100. The average Bonchev–Trinajstić information content (AvgIpc) is 2.51. The second-order valence-electron chi connectivity index (χ2n) is 3.22. The standard InChI is InChI=1S/C10H9F2N3/c1-15-5-9(14-10(15)13)7-4-6(11)2-3-8(7)12/h2-5H,1H3,(H2,13,14). The molecule has 15 heavy (non-hydrogen) atoms. The number of nitrogens with two attached hydrogens (primary N) is 1. The van der Waals surface area contributed by atoms with E-state index in [0.717, 1.165) is 18.2 Å². The minimum atomic E-state index is -0.519. The molecule has 0 radical (unpaired) electrons. The van der Waals surface area contributed by atoms with Crippen LogP contribution in [0.3, 0.4) is 0 Å². The topological polar surface area (TPSA) is 43.8 Å². The van der Waals surface area contributed by atoms with Gasteiger partial charge in [-0.05, 0) is 18.2 Å². The third kappa shape index (κ3) is 1.68. The number of aryl methyl sites for hydroxylation is 1. The number of imidazole rings is 1. The molecule has 0 saturated heterocycles. The first-order chi connectivity index (χ1) is 7.08. The smallest absolute Gasteiger partial charge is 0.200 e. The molecule has 1 aromatic carbocycles. The zero-order valence-corrected chi connectivity index (χ0v) is 8.04. The van der Waals surface area contributed by atoms with Crippen molar-refractivity contribution in [2.24, 2.45) is 7.05 Å². The minimum absolute atomic E-state index is 0.113. The molecule has 0 atom stereocenters. The van der Waals surface area contributed by atoms with Gasteiger partial charge in [0, 0.05) is 18.8 Å². The molecule has 0 unspecified atom stereocenters. The summed E-state index contributed by atoms with van der Waals surface area (Å²) in [6.45, 7) is 0. The van der Waals surface area contributed by atoms with E-state index < -0.39 is 11.6 Å². The van der Waals surface area contributed by atoms with E-state index in [2.05, 4.69) is 4.98 Å². The van der Waals surface area contributed by atoms with Crippen LogP contribution in [0.5, 0.6) is 0 Å². The fourth-order valence-corrected chi connectivity index (χ4v) is 1.30. The van der Waals surface area contributed by atoms with E-state index in [0.29, 0.717) is 5.69 Å². The van der Waals surface area contributed by atoms with Crippen LogP contribution in [0.2, 0.25) is 0 Å². The maximum absolute atomic E-state index is 13.3. The van der Waals surface area contributed by atoms with Gasteiger partial charge in [0.1, 0.15) is 11.6 Å². The third-order valence-electron chi connectivity index (χ3n) is 2.12. The highest BCUT2D eigenvalue weighted by molar-refractivity contribution is 5.61. The van der Waals surface area contributed by atoms with Gasteiger partial charge in [0.05, 0.1) is 5.69 Å². The zero-order chi connectivity index (χ0) is 11.0. The molecule has 0 aliphatic carbocycles. The van der Waals surface area contributed by atoms with Gasteiger partial charge in [-0.25, -0.2) is 13.8 Å². The van der Waals surface area contributed by atoms with Crippen molar-refractivity contribution in [3.63, 3.8) is 0 Å². The Hall–Kier alpha value is -1.91. The highest BCUT2D eigenvalue weighted by Crippen LogP contribution is 2.23. The monoisotopic (exact) mass is 209 g/mol. The quantitative estimate of drug-likeness (QED) is 0.780. The van der Waals surface area contributed by atoms with E-state index in [1.807, 2.05) is 0 Å². The molecule has 0 spiro atoms. The summed E-state index contributed by atoms with van der Waals surface area (Å²) in [6.07, 6.45) is 1.55. The number of nitrogens with zero attached hydrogens (tertiary/aromatic N) is 2. The highest BCUT2D eigenvalue weighted by atomic mass is 19.1. The van der Waals surface area contributed by atoms with Crippen molar-refractivity contribution >= 4 is 5.95 Å². The summed E-state index contributed by atoms with van der Waals surface area (Å²) in [5, 5.41) is 0. The predicted molar refractivity (Wildman–Crippen MR) is 53.0 cm³/mol. The van der Waals surface area contributed by atoms with Gasteiger partial charge in [-0.3, -0.25) is 0 Å². The van der Waals surface area contributed by atoms with E-state index in [9.17, 15) is 8.78 Å². The van der Waals surface area contributed by atoms with Gasteiger partial charge in [-0.15, -0.1) is 0 Å². The van der Waals surface area contributed by atoms with Crippen molar-refractivity contribution in [1.29, 1.82) is 0 Å². The van der Waals surface area contributed by atoms with E-state index in [-0.39, 0.29) is 11.5 Å². The Balaban J connectivity index is 2.58. The first-order valence-corrected chi connectivity index (χ1v) is 4.32. The second-order valence-corrected chi connectivity index (χ2v) is 3.22. The van der Waals surface area contributed by atoms with Crippen LogP contribution in [0, 0.1) is 11.6 Å². The molecular weight excluding hydrogens is 200 g/mol. The molecule has 2 rings (SSSR count). The maximum Gasteiger partial charge on any atom is 0.200 e. The molecule has 0 fully saturated rings. The average molecular weight is 209 g/mol. The first kappa shape index (κ1) is 9.64. The van der Waals surface area contributed by atoms with Gasteiger partial charge >= 0.3 is 0 Å². The number of hydrogen-bond donors (Lipinski definition) is 1. The molecule has 2 N–H and O–H groups in total. The number of anilines is 1. The molecule has 0 amide bonds. The number of rotatable bonds is 1. The molecule has 1 aromatic heterocycles. The van der Waals surface area contributed by atoms with Crippen LogP contribution in [-0.2, 0) is 7.05 Å². The van der Waals surface area contributed by atoms with Gasteiger partial charge in [-0.1, -0.05) is 0 Å². The lowest BCUT2D eigenvalue weighted by Gasteiger charge is -1.98. The number of aromatic nitrogens is 2. The van der Waals surface area contributed by atoms with Crippen LogP contribution in [0.15, 0.2) is 24.4 Å². The molecule has 5 heteroatoms.